The van der Waals surface area contributed by atoms with Gasteiger partial charge in [0, 0.05) is 12.8 Å². The summed E-state index contributed by atoms with van der Waals surface area (Å²) in [5.41, 5.74) is 0.844. The SMILES string of the molecule is N#CCCc1cn[nH]n1. The summed E-state index contributed by atoms with van der Waals surface area (Å²) >= 11 is 0. The Morgan fingerprint density at radius 1 is 1.78 bits per heavy atom. The maximum atomic E-state index is 8.16. The molecule has 1 aromatic rings. The molecule has 0 fully saturated rings. The predicted molar refractivity (Wildman–Crippen MR) is 30.3 cm³/mol. The second kappa shape index (κ2) is 2.82. The first-order valence-corrected chi connectivity index (χ1v) is 2.65. The van der Waals surface area contributed by atoms with Crippen LogP contribution in [0.25, 0.3) is 0 Å². The summed E-state index contributed by atoms with van der Waals surface area (Å²) in [6.45, 7) is 0. The van der Waals surface area contributed by atoms with Gasteiger partial charge in [0.15, 0.2) is 0 Å². The maximum Gasteiger partial charge on any atom is 0.0834 e. The van der Waals surface area contributed by atoms with Gasteiger partial charge in [-0.3, -0.25) is 0 Å². The molecule has 0 radical (unpaired) electrons. The van der Waals surface area contributed by atoms with Crippen molar-refractivity contribution < 1.29 is 0 Å². The van der Waals surface area contributed by atoms with E-state index in [-0.39, 0.29) is 0 Å². The van der Waals surface area contributed by atoms with Gasteiger partial charge < -0.3 is 0 Å². The molecule has 0 saturated heterocycles. The van der Waals surface area contributed by atoms with E-state index in [0.717, 1.165) is 5.69 Å². The number of nitrogens with one attached hydrogen (secondary N) is 1. The molecule has 0 aliphatic rings. The van der Waals surface area contributed by atoms with Crippen LogP contribution in [0.1, 0.15) is 12.1 Å². The van der Waals surface area contributed by atoms with Crippen molar-refractivity contribution in [3.63, 3.8) is 0 Å². The molecule has 9 heavy (non-hydrogen) atoms. The van der Waals surface area contributed by atoms with E-state index >= 15 is 0 Å². The number of aromatic nitrogens is 3. The topological polar surface area (TPSA) is 65.4 Å². The van der Waals surface area contributed by atoms with Gasteiger partial charge in [0.2, 0.25) is 0 Å². The third-order valence-electron chi connectivity index (χ3n) is 0.958. The number of hydrogen-bond acceptors (Lipinski definition) is 3. The highest BCUT2D eigenvalue weighted by Crippen LogP contribution is 1.92. The zero-order chi connectivity index (χ0) is 6.53. The van der Waals surface area contributed by atoms with Gasteiger partial charge >= 0.3 is 0 Å². The highest BCUT2D eigenvalue weighted by molar-refractivity contribution is 4.92. The molecule has 0 atom stereocenters. The van der Waals surface area contributed by atoms with Crippen LogP contribution in [-0.2, 0) is 6.42 Å². The highest BCUT2D eigenvalue weighted by Gasteiger charge is 1.91. The lowest BCUT2D eigenvalue weighted by Gasteiger charge is -1.81. The molecule has 4 nitrogen and oxygen atoms in total. The van der Waals surface area contributed by atoms with Crippen molar-refractivity contribution in [1.29, 1.82) is 5.26 Å². The monoisotopic (exact) mass is 122 g/mol. The number of H-pyrrole nitrogens is 1. The molecule has 0 spiro atoms. The smallest absolute Gasteiger partial charge is 0.0834 e. The lowest BCUT2D eigenvalue weighted by molar-refractivity contribution is 0.887. The standard InChI is InChI=1S/C5H6N4/c6-3-1-2-5-4-7-9-8-5/h4H,1-2H2,(H,7,8,9). The minimum absolute atomic E-state index is 0.506. The highest BCUT2D eigenvalue weighted by atomic mass is 15.3. The molecule has 0 unspecified atom stereocenters. The summed E-state index contributed by atoms with van der Waals surface area (Å²) in [7, 11) is 0. The quantitative estimate of drug-likeness (QED) is 0.611. The summed E-state index contributed by atoms with van der Waals surface area (Å²) in [5.74, 6) is 0. The van der Waals surface area contributed by atoms with Crippen molar-refractivity contribution in [3.8, 4) is 6.07 Å². The molecule has 0 aromatic carbocycles. The van der Waals surface area contributed by atoms with Gasteiger partial charge in [0.05, 0.1) is 18.0 Å². The van der Waals surface area contributed by atoms with E-state index in [1.807, 2.05) is 6.07 Å². The van der Waals surface area contributed by atoms with Crippen molar-refractivity contribution in [1.82, 2.24) is 15.4 Å². The molecule has 4 heteroatoms. The van der Waals surface area contributed by atoms with Gasteiger partial charge in [-0.15, -0.1) is 0 Å². The van der Waals surface area contributed by atoms with Gasteiger partial charge in [-0.2, -0.15) is 20.7 Å². The van der Waals surface area contributed by atoms with Crippen molar-refractivity contribution >= 4 is 0 Å². The van der Waals surface area contributed by atoms with Crippen molar-refractivity contribution in [2.45, 2.75) is 12.8 Å². The number of nitriles is 1. The molecule has 1 N–H and O–H groups in total. The second-order valence-electron chi connectivity index (χ2n) is 1.62. The molecular weight excluding hydrogens is 116 g/mol. The van der Waals surface area contributed by atoms with Crippen LogP contribution in [0.3, 0.4) is 0 Å². The molecule has 1 aromatic heterocycles. The van der Waals surface area contributed by atoms with Crippen LogP contribution in [0.5, 0.6) is 0 Å². The molecule has 1 heterocycles. The summed E-state index contributed by atoms with van der Waals surface area (Å²) in [4.78, 5) is 0. The van der Waals surface area contributed by atoms with E-state index in [2.05, 4.69) is 15.4 Å². The van der Waals surface area contributed by atoms with Gasteiger partial charge in [0.1, 0.15) is 0 Å². The maximum absolute atomic E-state index is 8.16. The largest absolute Gasteiger partial charge is 0.198 e. The zero-order valence-electron chi connectivity index (χ0n) is 4.83. The Kier molecular flexibility index (Phi) is 1.81. The molecule has 46 valence electrons. The van der Waals surface area contributed by atoms with Crippen LogP contribution < -0.4 is 0 Å². The van der Waals surface area contributed by atoms with E-state index in [1.165, 1.54) is 0 Å². The number of rotatable bonds is 2. The average molecular weight is 122 g/mol. The minimum Gasteiger partial charge on any atom is -0.198 e. The second-order valence-corrected chi connectivity index (χ2v) is 1.62. The fourth-order valence-corrected chi connectivity index (χ4v) is 0.530. The van der Waals surface area contributed by atoms with Crippen LogP contribution in [0.15, 0.2) is 6.20 Å². The predicted octanol–water partition coefficient (Wildman–Crippen LogP) is 0.261. The Balaban J connectivity index is 2.41. The van der Waals surface area contributed by atoms with E-state index in [1.54, 1.807) is 6.20 Å². The Labute approximate surface area is 52.5 Å². The number of nitrogens with zero attached hydrogens (tertiary/aromatic N) is 3. The summed E-state index contributed by atoms with van der Waals surface area (Å²) in [6, 6.07) is 2.02. The van der Waals surface area contributed by atoms with E-state index in [9.17, 15) is 0 Å². The average Bonchev–Trinajstić information content (AvgIpc) is 2.34. The zero-order valence-corrected chi connectivity index (χ0v) is 4.83. The first-order valence-electron chi connectivity index (χ1n) is 2.65. The molecule has 0 bridgehead atoms. The van der Waals surface area contributed by atoms with Crippen LogP contribution in [0, 0.1) is 11.3 Å². The molecule has 0 amide bonds. The molecular formula is C5H6N4. The number of hydrogen-bond donors (Lipinski definition) is 1. The van der Waals surface area contributed by atoms with Crippen LogP contribution in [0.2, 0.25) is 0 Å². The number of aryl methyl sites for hydroxylation is 1. The van der Waals surface area contributed by atoms with Crippen LogP contribution in [-0.4, -0.2) is 15.4 Å². The molecule has 1 rings (SSSR count). The Morgan fingerprint density at radius 2 is 2.67 bits per heavy atom. The molecule has 0 aliphatic carbocycles. The van der Waals surface area contributed by atoms with Gasteiger partial charge in [-0.1, -0.05) is 0 Å². The summed E-state index contributed by atoms with van der Waals surface area (Å²) in [6.07, 6.45) is 2.82. The van der Waals surface area contributed by atoms with E-state index in [0.29, 0.717) is 12.8 Å². The Bertz CT molecular complexity index is 195. The lowest BCUT2D eigenvalue weighted by Crippen LogP contribution is -1.82. The third-order valence-corrected chi connectivity index (χ3v) is 0.958. The molecule has 0 saturated carbocycles. The fourth-order valence-electron chi connectivity index (χ4n) is 0.530. The van der Waals surface area contributed by atoms with Gasteiger partial charge in [-0.25, -0.2) is 0 Å². The van der Waals surface area contributed by atoms with Crippen molar-refractivity contribution in [2.24, 2.45) is 0 Å². The number of aromatic amines is 1. The first kappa shape index (κ1) is 5.76. The van der Waals surface area contributed by atoms with Gasteiger partial charge in [-0.05, 0) is 0 Å². The summed E-state index contributed by atoms with van der Waals surface area (Å²) < 4.78 is 0. The summed E-state index contributed by atoms with van der Waals surface area (Å²) in [5, 5.41) is 18.0. The van der Waals surface area contributed by atoms with Crippen molar-refractivity contribution in [3.05, 3.63) is 11.9 Å². The van der Waals surface area contributed by atoms with Crippen molar-refractivity contribution in [2.75, 3.05) is 0 Å². The van der Waals surface area contributed by atoms with E-state index in [4.69, 9.17) is 5.26 Å². The first-order chi connectivity index (χ1) is 4.43. The fraction of sp³-hybridized carbons (Fsp3) is 0.400. The minimum atomic E-state index is 0.506. The van der Waals surface area contributed by atoms with Crippen LogP contribution >= 0.6 is 0 Å². The Morgan fingerprint density at radius 3 is 3.22 bits per heavy atom. The Hall–Kier alpha value is -1.37. The van der Waals surface area contributed by atoms with E-state index < -0.39 is 0 Å². The van der Waals surface area contributed by atoms with Gasteiger partial charge in [0.25, 0.3) is 0 Å². The van der Waals surface area contributed by atoms with Crippen LogP contribution in [0.4, 0.5) is 0 Å². The normalized spacial score (nSPS) is 8.78. The third kappa shape index (κ3) is 1.53. The molecule has 0 aliphatic heterocycles. The lowest BCUT2D eigenvalue weighted by atomic mass is 10.3.